The maximum absolute atomic E-state index is 12.3. The van der Waals surface area contributed by atoms with Crippen LogP contribution in [0, 0.1) is 0 Å². The van der Waals surface area contributed by atoms with Crippen LogP contribution in [0.25, 0.3) is 11.3 Å². The monoisotopic (exact) mass is 394 g/mol. The Morgan fingerprint density at radius 2 is 1.96 bits per heavy atom. The number of hydrogen-bond acceptors (Lipinski definition) is 5. The van der Waals surface area contributed by atoms with E-state index in [4.69, 9.17) is 9.84 Å². The number of benzene rings is 2. The third-order valence-corrected chi connectivity index (χ3v) is 5.55. The Morgan fingerprint density at radius 3 is 2.64 bits per heavy atom. The van der Waals surface area contributed by atoms with Crippen molar-refractivity contribution in [3.63, 3.8) is 0 Å². The Labute approximate surface area is 168 Å². The van der Waals surface area contributed by atoms with Gasteiger partial charge in [-0.05, 0) is 54.3 Å². The summed E-state index contributed by atoms with van der Waals surface area (Å²) in [6.45, 7) is 1.20. The van der Waals surface area contributed by atoms with Crippen molar-refractivity contribution < 1.29 is 9.53 Å². The van der Waals surface area contributed by atoms with Gasteiger partial charge in [-0.25, -0.2) is 4.68 Å². The van der Waals surface area contributed by atoms with Gasteiger partial charge in [-0.2, -0.15) is 5.10 Å². The molecule has 0 spiro atoms. The van der Waals surface area contributed by atoms with Crippen LogP contribution in [0.5, 0.6) is 5.75 Å². The van der Waals surface area contributed by atoms with Crippen LogP contribution in [-0.4, -0.2) is 35.6 Å². The number of nitrogens with one attached hydrogen (secondary N) is 2. The van der Waals surface area contributed by atoms with Crippen LogP contribution in [0.15, 0.2) is 59.5 Å². The van der Waals surface area contributed by atoms with Gasteiger partial charge >= 0.3 is 0 Å². The van der Waals surface area contributed by atoms with Gasteiger partial charge in [0.15, 0.2) is 0 Å². The smallest absolute Gasteiger partial charge is 0.269 e. The number of fused-ring (bicyclic) bond motifs is 1. The lowest BCUT2D eigenvalue weighted by molar-refractivity contribution is 0.0900. The van der Waals surface area contributed by atoms with E-state index in [-0.39, 0.29) is 12.1 Å². The Balaban J connectivity index is 1.54. The van der Waals surface area contributed by atoms with E-state index in [1.54, 1.807) is 23.6 Å². The summed E-state index contributed by atoms with van der Waals surface area (Å²) in [6.07, 6.45) is 1.97. The summed E-state index contributed by atoms with van der Waals surface area (Å²) < 4.78 is 6.99. The number of thioether (sulfide) groups is 1. The quantitative estimate of drug-likeness (QED) is 0.628. The van der Waals surface area contributed by atoms with Gasteiger partial charge in [-0.15, -0.1) is 11.8 Å². The average molecular weight is 395 g/mol. The molecular weight excluding hydrogens is 372 g/mol. The summed E-state index contributed by atoms with van der Waals surface area (Å²) >= 11 is 1.73. The summed E-state index contributed by atoms with van der Waals surface area (Å²) in [6, 6.07) is 18.0. The zero-order chi connectivity index (χ0) is 19.5. The molecule has 144 valence electrons. The van der Waals surface area contributed by atoms with Crippen LogP contribution < -0.4 is 15.4 Å². The van der Waals surface area contributed by atoms with Gasteiger partial charge in [0, 0.05) is 17.0 Å². The first kappa shape index (κ1) is 18.6. The number of nitrogens with zero attached hydrogens (tertiary/aromatic N) is 2. The Hall–Kier alpha value is -2.77. The normalized spacial score (nSPS) is 15.8. The van der Waals surface area contributed by atoms with Crippen molar-refractivity contribution >= 4 is 17.7 Å². The Bertz CT molecular complexity index is 967. The molecule has 2 N–H and O–H groups in total. The topological polar surface area (TPSA) is 68.2 Å². The van der Waals surface area contributed by atoms with Gasteiger partial charge in [0.25, 0.3) is 5.91 Å². The molecule has 2 heterocycles. The zero-order valence-corrected chi connectivity index (χ0v) is 16.6. The second kappa shape index (κ2) is 8.08. The number of aromatic nitrogens is 2. The standard InChI is InChI=1S/C21H22N4O2S/c1-27-16-7-5-15(6-8-16)18-11-19-21(26)23-13-20(25(19)24-18)22-12-14-3-9-17(28-2)10-4-14/h3-11,20,22H,12-13H2,1-2H3,(H,23,26)/t20-/m0/s1. The summed E-state index contributed by atoms with van der Waals surface area (Å²) in [7, 11) is 1.64. The lowest BCUT2D eigenvalue weighted by atomic mass is 10.1. The van der Waals surface area contributed by atoms with Gasteiger partial charge < -0.3 is 10.1 Å². The molecule has 7 heteroatoms. The number of amides is 1. The Morgan fingerprint density at radius 1 is 1.21 bits per heavy atom. The molecule has 1 aromatic heterocycles. The molecule has 0 radical (unpaired) electrons. The number of carbonyl (C=O) groups is 1. The lowest BCUT2D eigenvalue weighted by Gasteiger charge is -2.25. The van der Waals surface area contributed by atoms with Crippen molar-refractivity contribution in [2.45, 2.75) is 17.6 Å². The highest BCUT2D eigenvalue weighted by molar-refractivity contribution is 7.98. The summed E-state index contributed by atoms with van der Waals surface area (Å²) in [5.74, 6) is 0.687. The van der Waals surface area contributed by atoms with Crippen molar-refractivity contribution in [1.29, 1.82) is 0 Å². The minimum atomic E-state index is -0.102. The maximum Gasteiger partial charge on any atom is 0.269 e. The lowest BCUT2D eigenvalue weighted by Crippen LogP contribution is -2.45. The molecule has 1 amide bonds. The third-order valence-electron chi connectivity index (χ3n) is 4.81. The highest BCUT2D eigenvalue weighted by Crippen LogP contribution is 2.25. The molecule has 28 heavy (non-hydrogen) atoms. The van der Waals surface area contributed by atoms with Crippen molar-refractivity contribution in [1.82, 2.24) is 20.4 Å². The largest absolute Gasteiger partial charge is 0.497 e. The second-order valence-electron chi connectivity index (χ2n) is 6.54. The molecule has 0 saturated carbocycles. The van der Waals surface area contributed by atoms with Gasteiger partial charge in [0.2, 0.25) is 0 Å². The highest BCUT2D eigenvalue weighted by atomic mass is 32.2. The van der Waals surface area contributed by atoms with Crippen LogP contribution in [0.1, 0.15) is 22.2 Å². The molecule has 1 aliphatic rings. The molecule has 4 rings (SSSR count). The number of rotatable bonds is 6. The van der Waals surface area contributed by atoms with Crippen molar-refractivity contribution in [3.05, 3.63) is 65.9 Å². The first-order chi connectivity index (χ1) is 13.7. The molecule has 1 aliphatic heterocycles. The summed E-state index contributed by atoms with van der Waals surface area (Å²) in [5.41, 5.74) is 3.47. The SMILES string of the molecule is COc1ccc(-c2cc3n(n2)[C@H](NCc2ccc(SC)cc2)CNC3=O)cc1. The van der Waals surface area contributed by atoms with Crippen molar-refractivity contribution in [2.24, 2.45) is 0 Å². The maximum atomic E-state index is 12.3. The number of carbonyl (C=O) groups excluding carboxylic acids is 1. The fraction of sp³-hybridized carbons (Fsp3) is 0.238. The molecular formula is C21H22N4O2S. The van der Waals surface area contributed by atoms with E-state index in [9.17, 15) is 4.79 Å². The number of hydrogen-bond donors (Lipinski definition) is 2. The van der Waals surface area contributed by atoms with Crippen LogP contribution in [0.3, 0.4) is 0 Å². The van der Waals surface area contributed by atoms with Crippen molar-refractivity contribution in [3.8, 4) is 17.0 Å². The van der Waals surface area contributed by atoms with E-state index in [0.717, 1.165) is 17.0 Å². The predicted molar refractivity (Wildman–Crippen MR) is 111 cm³/mol. The van der Waals surface area contributed by atoms with Crippen molar-refractivity contribution in [2.75, 3.05) is 19.9 Å². The highest BCUT2D eigenvalue weighted by Gasteiger charge is 2.27. The molecule has 0 bridgehead atoms. The molecule has 3 aromatic rings. The van der Waals surface area contributed by atoms with E-state index in [1.807, 2.05) is 30.3 Å². The molecule has 0 fully saturated rings. The average Bonchev–Trinajstić information content (AvgIpc) is 3.20. The fourth-order valence-electron chi connectivity index (χ4n) is 3.21. The van der Waals surface area contributed by atoms with Crippen LogP contribution in [0.2, 0.25) is 0 Å². The van der Waals surface area contributed by atoms with Crippen LogP contribution >= 0.6 is 11.8 Å². The Kier molecular flexibility index (Phi) is 5.36. The molecule has 2 aromatic carbocycles. The first-order valence-electron chi connectivity index (χ1n) is 9.06. The van der Waals surface area contributed by atoms with E-state index in [1.165, 1.54) is 10.5 Å². The molecule has 0 aliphatic carbocycles. The van der Waals surface area contributed by atoms with E-state index in [2.05, 4.69) is 41.2 Å². The minimum Gasteiger partial charge on any atom is -0.497 e. The van der Waals surface area contributed by atoms with Crippen LogP contribution in [-0.2, 0) is 6.54 Å². The predicted octanol–water partition coefficient (Wildman–Crippen LogP) is 3.31. The van der Waals surface area contributed by atoms with Gasteiger partial charge in [-0.1, -0.05) is 12.1 Å². The van der Waals surface area contributed by atoms with Gasteiger partial charge in [-0.3, -0.25) is 10.1 Å². The summed E-state index contributed by atoms with van der Waals surface area (Å²) in [5, 5.41) is 11.1. The van der Waals surface area contributed by atoms with Gasteiger partial charge in [0.05, 0.1) is 19.3 Å². The summed E-state index contributed by atoms with van der Waals surface area (Å²) in [4.78, 5) is 13.5. The van der Waals surface area contributed by atoms with E-state index >= 15 is 0 Å². The van der Waals surface area contributed by atoms with E-state index in [0.29, 0.717) is 18.8 Å². The number of ether oxygens (including phenoxy) is 1. The fourth-order valence-corrected chi connectivity index (χ4v) is 3.62. The molecule has 6 nitrogen and oxygen atoms in total. The molecule has 0 saturated heterocycles. The number of methoxy groups -OCH3 is 1. The molecule has 1 atom stereocenters. The minimum absolute atomic E-state index is 0.0973. The zero-order valence-electron chi connectivity index (χ0n) is 15.8. The molecule has 0 unspecified atom stereocenters. The van der Waals surface area contributed by atoms with E-state index < -0.39 is 0 Å². The second-order valence-corrected chi connectivity index (χ2v) is 7.42. The van der Waals surface area contributed by atoms with Gasteiger partial charge in [0.1, 0.15) is 17.6 Å². The first-order valence-corrected chi connectivity index (χ1v) is 10.3. The van der Waals surface area contributed by atoms with Crippen LogP contribution in [0.4, 0.5) is 0 Å². The third kappa shape index (κ3) is 3.76.